The van der Waals surface area contributed by atoms with Gasteiger partial charge in [0.2, 0.25) is 11.8 Å². The Morgan fingerprint density at radius 1 is 0.862 bits per heavy atom. The summed E-state index contributed by atoms with van der Waals surface area (Å²) in [6.45, 7) is 2.32. The van der Waals surface area contributed by atoms with Gasteiger partial charge in [-0.25, -0.2) is 0 Å². The van der Waals surface area contributed by atoms with Gasteiger partial charge in [0.15, 0.2) is 0 Å². The van der Waals surface area contributed by atoms with Gasteiger partial charge < -0.3 is 10.6 Å². The Morgan fingerprint density at radius 3 is 2.21 bits per heavy atom. The van der Waals surface area contributed by atoms with Gasteiger partial charge in [0.1, 0.15) is 0 Å². The van der Waals surface area contributed by atoms with Crippen molar-refractivity contribution in [3.63, 3.8) is 0 Å². The number of carbonyl (C=O) groups excluding carboxylic acids is 2. The first-order valence-electron chi connectivity index (χ1n) is 10.6. The van der Waals surface area contributed by atoms with Crippen molar-refractivity contribution in [2.45, 2.75) is 44.1 Å². The van der Waals surface area contributed by atoms with Gasteiger partial charge in [0.25, 0.3) is 0 Å². The van der Waals surface area contributed by atoms with Crippen LogP contribution >= 0.6 is 0 Å². The van der Waals surface area contributed by atoms with Crippen molar-refractivity contribution in [2.75, 3.05) is 25.0 Å². The largest absolute Gasteiger partial charge is 0.353 e. The maximum absolute atomic E-state index is 12.4. The highest BCUT2D eigenvalue weighted by Crippen LogP contribution is 2.27. The maximum Gasteiger partial charge on any atom is 0.238 e. The number of hydrogen-bond donors (Lipinski definition) is 2. The van der Waals surface area contributed by atoms with E-state index < -0.39 is 0 Å². The number of carbonyl (C=O) groups is 2. The maximum atomic E-state index is 12.4. The topological polar surface area (TPSA) is 61.4 Å². The third-order valence-electron chi connectivity index (χ3n) is 5.77. The van der Waals surface area contributed by atoms with Crippen molar-refractivity contribution in [1.82, 2.24) is 10.2 Å². The minimum atomic E-state index is 0.0161. The zero-order valence-corrected chi connectivity index (χ0v) is 16.8. The van der Waals surface area contributed by atoms with E-state index in [2.05, 4.69) is 45.9 Å². The lowest BCUT2D eigenvalue weighted by atomic mass is 9.89. The summed E-state index contributed by atoms with van der Waals surface area (Å²) in [5.41, 5.74) is 3.15. The first-order chi connectivity index (χ1) is 14.2. The summed E-state index contributed by atoms with van der Waals surface area (Å²) in [5, 5.41) is 5.97. The molecule has 29 heavy (non-hydrogen) atoms. The average Bonchev–Trinajstić information content (AvgIpc) is 3.54. The molecule has 2 N–H and O–H groups in total. The second-order valence-electron chi connectivity index (χ2n) is 8.22. The van der Waals surface area contributed by atoms with Crippen molar-refractivity contribution in [1.29, 1.82) is 0 Å². The van der Waals surface area contributed by atoms with E-state index in [1.54, 1.807) is 0 Å². The zero-order valence-electron chi connectivity index (χ0n) is 16.8. The Bertz CT molecular complexity index is 823. The van der Waals surface area contributed by atoms with Crippen LogP contribution in [0, 0.1) is 0 Å². The Kier molecular flexibility index (Phi) is 6.25. The van der Waals surface area contributed by atoms with E-state index in [4.69, 9.17) is 0 Å². The van der Waals surface area contributed by atoms with Gasteiger partial charge in [0, 0.05) is 11.7 Å². The molecule has 0 aromatic heterocycles. The van der Waals surface area contributed by atoms with E-state index >= 15 is 0 Å². The molecule has 152 valence electrons. The second-order valence-corrected chi connectivity index (χ2v) is 8.22. The van der Waals surface area contributed by atoms with Crippen LogP contribution in [0.15, 0.2) is 54.6 Å². The monoisotopic (exact) mass is 391 g/mol. The molecule has 1 saturated carbocycles. The number of hydrogen-bond acceptors (Lipinski definition) is 3. The summed E-state index contributed by atoms with van der Waals surface area (Å²) in [4.78, 5) is 26.5. The fourth-order valence-corrected chi connectivity index (χ4v) is 3.95. The van der Waals surface area contributed by atoms with Crippen LogP contribution in [0.2, 0.25) is 0 Å². The molecule has 1 saturated heterocycles. The van der Waals surface area contributed by atoms with E-state index in [1.165, 1.54) is 5.56 Å². The Hall–Kier alpha value is -2.66. The Labute approximate surface area is 172 Å². The first kappa shape index (κ1) is 19.6. The molecule has 2 fully saturated rings. The van der Waals surface area contributed by atoms with E-state index in [1.807, 2.05) is 24.3 Å². The summed E-state index contributed by atoms with van der Waals surface area (Å²) in [6, 6.07) is 18.6. The van der Waals surface area contributed by atoms with Crippen LogP contribution in [-0.2, 0) is 16.0 Å². The summed E-state index contributed by atoms with van der Waals surface area (Å²) in [7, 11) is 0. The summed E-state index contributed by atoms with van der Waals surface area (Å²) in [5.74, 6) is 0.686. The van der Waals surface area contributed by atoms with Crippen molar-refractivity contribution in [3.05, 3.63) is 65.7 Å². The number of likely N-dealkylation sites (tertiary alicyclic amines) is 1. The quantitative estimate of drug-likeness (QED) is 0.761. The van der Waals surface area contributed by atoms with Gasteiger partial charge >= 0.3 is 0 Å². The fraction of sp³-hybridized carbons (Fsp3) is 0.417. The molecule has 1 aliphatic heterocycles. The molecule has 0 unspecified atom stereocenters. The van der Waals surface area contributed by atoms with Crippen molar-refractivity contribution >= 4 is 17.5 Å². The van der Waals surface area contributed by atoms with E-state index in [0.29, 0.717) is 24.9 Å². The predicted molar refractivity (Wildman–Crippen MR) is 115 cm³/mol. The third-order valence-corrected chi connectivity index (χ3v) is 5.77. The standard InChI is InChI=1S/C24H29N3O2/c28-23(25-22-10-11-22)16-18-6-8-21(9-7-18)26-24(29)17-27-14-12-20(13-15-27)19-4-2-1-3-5-19/h1-9,20,22H,10-17H2,(H,25,28)(H,26,29). The molecule has 0 radical (unpaired) electrons. The number of amides is 2. The van der Waals surface area contributed by atoms with Gasteiger partial charge in [0.05, 0.1) is 13.0 Å². The van der Waals surface area contributed by atoms with E-state index in [-0.39, 0.29) is 11.8 Å². The number of benzene rings is 2. The second kappa shape index (κ2) is 9.23. The number of anilines is 1. The molecule has 2 aliphatic rings. The van der Waals surface area contributed by atoms with Crippen LogP contribution < -0.4 is 10.6 Å². The predicted octanol–water partition coefficient (Wildman–Crippen LogP) is 3.33. The molecular weight excluding hydrogens is 362 g/mol. The molecule has 1 aliphatic carbocycles. The Balaban J connectivity index is 1.20. The lowest BCUT2D eigenvalue weighted by Gasteiger charge is -2.31. The van der Waals surface area contributed by atoms with Crippen molar-refractivity contribution < 1.29 is 9.59 Å². The highest BCUT2D eigenvalue weighted by Gasteiger charge is 2.23. The number of nitrogens with one attached hydrogen (secondary N) is 2. The molecule has 0 spiro atoms. The van der Waals surface area contributed by atoms with Crippen LogP contribution in [0.4, 0.5) is 5.69 Å². The normalized spacial score (nSPS) is 17.7. The highest BCUT2D eigenvalue weighted by molar-refractivity contribution is 5.92. The molecule has 2 aromatic rings. The molecule has 1 heterocycles. The van der Waals surface area contributed by atoms with Gasteiger partial charge in [-0.1, -0.05) is 42.5 Å². The minimum absolute atomic E-state index is 0.0161. The summed E-state index contributed by atoms with van der Waals surface area (Å²) >= 11 is 0. The van der Waals surface area contributed by atoms with Crippen LogP contribution in [-0.4, -0.2) is 42.4 Å². The number of rotatable bonds is 7. The SMILES string of the molecule is O=C(CN1CCC(c2ccccc2)CC1)Nc1ccc(CC(=O)NC2CC2)cc1. The molecule has 0 bridgehead atoms. The third kappa shape index (κ3) is 5.91. The minimum Gasteiger partial charge on any atom is -0.353 e. The molecule has 2 amide bonds. The van der Waals surface area contributed by atoms with Gasteiger partial charge in [-0.15, -0.1) is 0 Å². The smallest absolute Gasteiger partial charge is 0.238 e. The molecule has 5 heteroatoms. The van der Waals surface area contributed by atoms with Crippen LogP contribution in [0.5, 0.6) is 0 Å². The lowest BCUT2D eigenvalue weighted by molar-refractivity contribution is -0.120. The molecule has 5 nitrogen and oxygen atoms in total. The number of piperidine rings is 1. The molecule has 2 aromatic carbocycles. The first-order valence-corrected chi connectivity index (χ1v) is 10.6. The van der Waals surface area contributed by atoms with Crippen LogP contribution in [0.3, 0.4) is 0 Å². The molecule has 4 rings (SSSR count). The average molecular weight is 392 g/mol. The zero-order chi connectivity index (χ0) is 20.1. The van der Waals surface area contributed by atoms with Crippen molar-refractivity contribution in [3.8, 4) is 0 Å². The number of nitrogens with zero attached hydrogens (tertiary/aromatic N) is 1. The van der Waals surface area contributed by atoms with E-state index in [9.17, 15) is 9.59 Å². The molecular formula is C24H29N3O2. The van der Waals surface area contributed by atoms with Crippen LogP contribution in [0.1, 0.15) is 42.7 Å². The lowest BCUT2D eigenvalue weighted by Crippen LogP contribution is -2.38. The summed E-state index contributed by atoms with van der Waals surface area (Å²) in [6.07, 6.45) is 4.77. The summed E-state index contributed by atoms with van der Waals surface area (Å²) < 4.78 is 0. The van der Waals surface area contributed by atoms with Gasteiger partial charge in [-0.2, -0.15) is 0 Å². The highest BCUT2D eigenvalue weighted by atomic mass is 16.2. The Morgan fingerprint density at radius 2 is 1.55 bits per heavy atom. The molecule has 0 atom stereocenters. The van der Waals surface area contributed by atoms with Crippen LogP contribution in [0.25, 0.3) is 0 Å². The van der Waals surface area contributed by atoms with Gasteiger partial charge in [-0.3, -0.25) is 14.5 Å². The van der Waals surface area contributed by atoms with E-state index in [0.717, 1.165) is 50.0 Å². The van der Waals surface area contributed by atoms with Gasteiger partial charge in [-0.05, 0) is 68.0 Å². The van der Waals surface area contributed by atoms with Crippen molar-refractivity contribution in [2.24, 2.45) is 0 Å². The fourth-order valence-electron chi connectivity index (χ4n) is 3.95.